The Kier molecular flexibility index (Phi) is 6.77. The first-order valence-corrected chi connectivity index (χ1v) is 11.4. The molecule has 2 aromatic rings. The second kappa shape index (κ2) is 9.11. The third kappa shape index (κ3) is 5.68. The number of amides is 2. The van der Waals surface area contributed by atoms with Crippen LogP contribution in [0.1, 0.15) is 23.2 Å². The number of hydrogen-bond acceptors (Lipinski definition) is 4. The first-order chi connectivity index (χ1) is 13.7. The summed E-state index contributed by atoms with van der Waals surface area (Å²) in [5.41, 5.74) is 2.42. The molecule has 7 nitrogen and oxygen atoms in total. The van der Waals surface area contributed by atoms with Gasteiger partial charge in [-0.1, -0.05) is 35.3 Å². The molecule has 0 aliphatic carbocycles. The summed E-state index contributed by atoms with van der Waals surface area (Å²) in [4.78, 5) is 16.5. The Hall–Kier alpha value is -2.16. The molecule has 2 heterocycles. The summed E-state index contributed by atoms with van der Waals surface area (Å²) in [5.74, 6) is 0.438. The number of nitrogens with zero attached hydrogens (tertiary/aromatic N) is 2. The number of fused-ring (bicyclic) bond motifs is 1. The molecule has 1 aromatic carbocycles. The van der Waals surface area contributed by atoms with Crippen molar-refractivity contribution in [1.82, 2.24) is 15.6 Å². The van der Waals surface area contributed by atoms with Gasteiger partial charge in [-0.25, -0.2) is 14.1 Å². The lowest BCUT2D eigenvalue weighted by atomic mass is 10.1. The third-order valence-corrected chi connectivity index (χ3v) is 6.26. The number of urea groups is 1. The van der Waals surface area contributed by atoms with Crippen LogP contribution in [0.4, 0.5) is 10.6 Å². The summed E-state index contributed by atoms with van der Waals surface area (Å²) in [7, 11) is -3.61. The fraction of sp³-hybridized carbons (Fsp3) is 0.316. The van der Waals surface area contributed by atoms with Gasteiger partial charge in [-0.3, -0.25) is 0 Å². The van der Waals surface area contributed by atoms with Crippen LogP contribution in [0.15, 0.2) is 30.3 Å². The van der Waals surface area contributed by atoms with Crippen molar-refractivity contribution in [3.05, 3.63) is 63.5 Å². The predicted molar refractivity (Wildman–Crippen MR) is 115 cm³/mol. The van der Waals surface area contributed by atoms with E-state index in [2.05, 4.69) is 21.9 Å². The largest absolute Gasteiger partial charge is 0.386 e. The molecule has 1 aliphatic rings. The minimum atomic E-state index is -3.61. The lowest BCUT2D eigenvalue weighted by Gasteiger charge is -2.25. The van der Waals surface area contributed by atoms with E-state index < -0.39 is 10.0 Å². The molecule has 0 saturated heterocycles. The fourth-order valence-corrected chi connectivity index (χ4v) is 4.20. The normalized spacial score (nSPS) is 13.7. The summed E-state index contributed by atoms with van der Waals surface area (Å²) in [5, 5.41) is 6.39. The zero-order chi connectivity index (χ0) is 21.0. The number of sulfonamides is 1. The van der Waals surface area contributed by atoms with Crippen LogP contribution in [0.25, 0.3) is 0 Å². The summed E-state index contributed by atoms with van der Waals surface area (Å²) < 4.78 is 25.0. The fourth-order valence-electron chi connectivity index (χ4n) is 3.06. The molecule has 3 rings (SSSR count). The van der Waals surface area contributed by atoms with Gasteiger partial charge in [0.15, 0.2) is 0 Å². The molecule has 0 atom stereocenters. The van der Waals surface area contributed by atoms with Crippen LogP contribution in [0.5, 0.6) is 0 Å². The van der Waals surface area contributed by atoms with Gasteiger partial charge >= 0.3 is 16.1 Å². The molecule has 10 heteroatoms. The standard InChI is InChI=1S/C19H20Cl2N4O3S/c1-29(27,28)25-10-2-3-14-5-6-15(24-18(14)25)8-9-22-19(26)23-12-13-4-7-16(20)17(21)11-13/h4-7,11H,1-3,8-10,12H2,(H-,22,23,26)/p+1. The Balaban J connectivity index is 1.52. The molecule has 2 N–H and O–H groups in total. The van der Waals surface area contributed by atoms with Gasteiger partial charge in [0.2, 0.25) is 6.26 Å². The number of carbonyl (C=O) groups excluding carboxylic acids is 1. The van der Waals surface area contributed by atoms with E-state index in [-0.39, 0.29) is 6.03 Å². The number of pyridine rings is 1. The second-order valence-corrected chi connectivity index (χ2v) is 9.10. The lowest BCUT2D eigenvalue weighted by molar-refractivity contribution is 0.240. The average Bonchev–Trinajstić information content (AvgIpc) is 2.67. The molecule has 1 aliphatic heterocycles. The van der Waals surface area contributed by atoms with Crippen LogP contribution in [0.2, 0.25) is 10.0 Å². The van der Waals surface area contributed by atoms with Crippen molar-refractivity contribution >= 4 is 45.1 Å². The summed E-state index contributed by atoms with van der Waals surface area (Å²) in [6, 6.07) is 8.58. The quantitative estimate of drug-likeness (QED) is 0.653. The van der Waals surface area contributed by atoms with Crippen LogP contribution in [-0.2, 0) is 29.4 Å². The van der Waals surface area contributed by atoms with Gasteiger partial charge in [-0.2, -0.15) is 8.42 Å². The number of carbonyl (C=O) groups is 1. The minimum absolute atomic E-state index is 0.316. The molecule has 0 bridgehead atoms. The van der Waals surface area contributed by atoms with Crippen molar-refractivity contribution < 1.29 is 13.2 Å². The number of halogens is 2. The summed E-state index contributed by atoms with van der Waals surface area (Å²) in [6.07, 6.45) is 5.23. The predicted octanol–water partition coefficient (Wildman–Crippen LogP) is 3.30. The van der Waals surface area contributed by atoms with Crippen molar-refractivity contribution in [2.75, 3.05) is 17.4 Å². The van der Waals surface area contributed by atoms with Gasteiger partial charge < -0.3 is 10.6 Å². The van der Waals surface area contributed by atoms with E-state index in [1.54, 1.807) is 18.2 Å². The van der Waals surface area contributed by atoms with Crippen LogP contribution >= 0.6 is 23.2 Å². The maximum Gasteiger partial charge on any atom is 0.386 e. The Morgan fingerprint density at radius 2 is 1.97 bits per heavy atom. The molecule has 1 aromatic heterocycles. The zero-order valence-electron chi connectivity index (χ0n) is 15.6. The Morgan fingerprint density at radius 3 is 2.69 bits per heavy atom. The van der Waals surface area contributed by atoms with Crippen molar-refractivity contribution in [3.8, 4) is 0 Å². The van der Waals surface area contributed by atoms with Crippen LogP contribution < -0.4 is 14.9 Å². The smallest absolute Gasteiger partial charge is 0.338 e. The van der Waals surface area contributed by atoms with E-state index in [9.17, 15) is 13.2 Å². The first kappa shape index (κ1) is 21.5. The maximum atomic E-state index is 12.0. The molecule has 0 unspecified atom stereocenters. The highest BCUT2D eigenvalue weighted by atomic mass is 35.5. The number of nitrogens with one attached hydrogen (secondary N) is 2. The molecule has 29 heavy (non-hydrogen) atoms. The van der Waals surface area contributed by atoms with Crippen molar-refractivity contribution in [2.45, 2.75) is 25.8 Å². The molecule has 0 spiro atoms. The van der Waals surface area contributed by atoms with E-state index in [1.165, 1.54) is 4.31 Å². The molecular formula is C19H21Cl2N4O3S+. The van der Waals surface area contributed by atoms with Crippen molar-refractivity contribution in [3.63, 3.8) is 0 Å². The Morgan fingerprint density at radius 1 is 1.17 bits per heavy atom. The molecular weight excluding hydrogens is 435 g/mol. The molecule has 2 amide bonds. The lowest BCUT2D eigenvalue weighted by Crippen LogP contribution is -2.36. The van der Waals surface area contributed by atoms with Gasteiger partial charge in [-0.15, -0.1) is 0 Å². The van der Waals surface area contributed by atoms with Gasteiger partial charge in [0, 0.05) is 31.7 Å². The maximum absolute atomic E-state index is 12.0. The monoisotopic (exact) mass is 455 g/mol. The van der Waals surface area contributed by atoms with Gasteiger partial charge in [0.25, 0.3) is 0 Å². The first-order valence-electron chi connectivity index (χ1n) is 9.04. The zero-order valence-corrected chi connectivity index (χ0v) is 17.9. The van der Waals surface area contributed by atoms with Crippen molar-refractivity contribution in [2.24, 2.45) is 0 Å². The van der Waals surface area contributed by atoms with Gasteiger partial charge in [0.1, 0.15) is 5.82 Å². The highest BCUT2D eigenvalue weighted by Crippen LogP contribution is 2.27. The van der Waals surface area contributed by atoms with Crippen LogP contribution in [0.3, 0.4) is 0 Å². The average molecular weight is 456 g/mol. The van der Waals surface area contributed by atoms with E-state index in [0.717, 1.165) is 24.0 Å². The minimum Gasteiger partial charge on any atom is -0.338 e. The number of rotatable bonds is 6. The number of hydrogen-bond donors (Lipinski definition) is 2. The van der Waals surface area contributed by atoms with E-state index in [4.69, 9.17) is 23.2 Å². The molecule has 0 saturated carbocycles. The Labute approximate surface area is 180 Å². The highest BCUT2D eigenvalue weighted by molar-refractivity contribution is 7.93. The SMILES string of the molecule is [CH2+]S(=O)(=O)N1CCCc2ccc(CCNC(=O)NCc3ccc(Cl)c(Cl)c3)nc21. The van der Waals surface area contributed by atoms with E-state index in [0.29, 0.717) is 47.6 Å². The van der Waals surface area contributed by atoms with Gasteiger partial charge in [0.05, 0.1) is 10.0 Å². The number of anilines is 1. The van der Waals surface area contributed by atoms with E-state index in [1.807, 2.05) is 12.1 Å². The number of benzene rings is 1. The second-order valence-electron chi connectivity index (χ2n) is 6.68. The molecule has 0 fully saturated rings. The van der Waals surface area contributed by atoms with Crippen LogP contribution in [0, 0.1) is 6.26 Å². The number of aromatic nitrogens is 1. The van der Waals surface area contributed by atoms with Crippen LogP contribution in [-0.4, -0.2) is 32.5 Å². The third-order valence-electron chi connectivity index (χ3n) is 4.50. The van der Waals surface area contributed by atoms with Gasteiger partial charge in [-0.05, 0) is 42.2 Å². The number of aryl methyl sites for hydroxylation is 1. The van der Waals surface area contributed by atoms with Crippen molar-refractivity contribution in [1.29, 1.82) is 0 Å². The topological polar surface area (TPSA) is 91.4 Å². The highest BCUT2D eigenvalue weighted by Gasteiger charge is 2.29. The summed E-state index contributed by atoms with van der Waals surface area (Å²) in [6.45, 7) is 1.05. The summed E-state index contributed by atoms with van der Waals surface area (Å²) >= 11 is 11.8. The Bertz CT molecular complexity index is 1010. The molecule has 0 radical (unpaired) electrons. The van der Waals surface area contributed by atoms with E-state index >= 15 is 0 Å². The molecule has 154 valence electrons.